The summed E-state index contributed by atoms with van der Waals surface area (Å²) in [5, 5.41) is 12.7. The number of rotatable bonds is 3. The van der Waals surface area contributed by atoms with Gasteiger partial charge in [0.15, 0.2) is 5.75 Å². The Bertz CT molecular complexity index is 1740. The van der Waals surface area contributed by atoms with E-state index in [0.717, 1.165) is 11.1 Å². The van der Waals surface area contributed by atoms with Crippen molar-refractivity contribution in [2.24, 2.45) is 0 Å². The van der Waals surface area contributed by atoms with E-state index < -0.39 is 29.3 Å². The molecule has 0 unspecified atom stereocenters. The Morgan fingerprint density at radius 1 is 1.18 bits per heavy atom. The number of nitrogens with zero attached hydrogens (tertiary/aromatic N) is 2. The van der Waals surface area contributed by atoms with Crippen LogP contribution in [0.4, 0.5) is 10.1 Å². The first-order valence-electron chi connectivity index (χ1n) is 12.3. The molecule has 0 saturated carbocycles. The lowest BCUT2D eigenvalue weighted by molar-refractivity contribution is -0.122. The number of nitrogens with one attached hydrogen (secondary N) is 2. The molecule has 4 atom stereocenters. The van der Waals surface area contributed by atoms with E-state index in [9.17, 15) is 9.59 Å². The molecular formula is C29H25Cl2FN4O4. The molecule has 3 aliphatic heterocycles. The van der Waals surface area contributed by atoms with E-state index in [1.807, 2.05) is 10.7 Å². The van der Waals surface area contributed by atoms with Crippen LogP contribution in [0.5, 0.6) is 5.75 Å². The second-order valence-electron chi connectivity index (χ2n) is 9.94. The fourth-order valence-corrected chi connectivity index (χ4v) is 7.06. The summed E-state index contributed by atoms with van der Waals surface area (Å²) in [5.41, 5.74) is 1.89. The number of hydrogen-bond acceptors (Lipinski definition) is 6. The van der Waals surface area contributed by atoms with Crippen LogP contribution < -0.4 is 15.4 Å². The zero-order chi connectivity index (χ0) is 27.2. The summed E-state index contributed by atoms with van der Waals surface area (Å²) in [5.74, 6) is -1.86. The number of aromatic nitrogens is 2. The number of methoxy groups -OCH3 is 2. The molecule has 40 heavy (non-hydrogen) atoms. The summed E-state index contributed by atoms with van der Waals surface area (Å²) in [7, 11) is 2.77. The highest BCUT2D eigenvalue weighted by Gasteiger charge is 2.65. The zero-order valence-electron chi connectivity index (χ0n) is 20.7. The molecule has 7 rings (SSSR count). The van der Waals surface area contributed by atoms with Gasteiger partial charge in [-0.2, -0.15) is 5.10 Å². The number of ether oxygens (including phenoxy) is 2. The van der Waals surface area contributed by atoms with Gasteiger partial charge >= 0.3 is 5.97 Å². The third kappa shape index (κ3) is 3.31. The Balaban J connectivity index is 0.00000289. The highest BCUT2D eigenvalue weighted by Crippen LogP contribution is 2.59. The third-order valence-electron chi connectivity index (χ3n) is 8.19. The molecule has 1 spiro atoms. The normalized spacial score (nSPS) is 23.9. The first-order chi connectivity index (χ1) is 18.8. The smallest absolute Gasteiger partial charge is 0.341 e. The van der Waals surface area contributed by atoms with Crippen molar-refractivity contribution in [3.63, 3.8) is 0 Å². The predicted molar refractivity (Wildman–Crippen MR) is 150 cm³/mol. The maximum atomic E-state index is 15.8. The molecule has 0 aliphatic carbocycles. The van der Waals surface area contributed by atoms with Gasteiger partial charge in [-0.15, -0.1) is 0 Å². The molecule has 1 aromatic heterocycles. The van der Waals surface area contributed by atoms with E-state index in [1.54, 1.807) is 36.4 Å². The van der Waals surface area contributed by atoms with Crippen LogP contribution in [-0.2, 0) is 21.5 Å². The van der Waals surface area contributed by atoms with Crippen LogP contribution in [0.3, 0.4) is 0 Å². The molecule has 206 valence electrons. The molecule has 11 heteroatoms. The topological polar surface area (TPSA) is 94.5 Å². The van der Waals surface area contributed by atoms with Crippen molar-refractivity contribution < 1.29 is 23.5 Å². The van der Waals surface area contributed by atoms with Gasteiger partial charge in [0.1, 0.15) is 22.4 Å². The van der Waals surface area contributed by atoms with Crippen LogP contribution in [0.15, 0.2) is 48.5 Å². The lowest BCUT2D eigenvalue weighted by Gasteiger charge is -2.33. The van der Waals surface area contributed by atoms with E-state index >= 15 is 4.39 Å². The minimum absolute atomic E-state index is 0. The monoisotopic (exact) mass is 582 g/mol. The minimum Gasteiger partial charge on any atom is -0.493 e. The Morgan fingerprint density at radius 3 is 2.73 bits per heavy atom. The molecule has 1 saturated heterocycles. The molecule has 2 N–H and O–H groups in total. The number of anilines is 1. The van der Waals surface area contributed by atoms with Crippen molar-refractivity contribution in [2.45, 2.75) is 37.4 Å². The van der Waals surface area contributed by atoms with Crippen molar-refractivity contribution >= 4 is 51.7 Å². The zero-order valence-corrected chi connectivity index (χ0v) is 22.2. The molecule has 3 aliphatic rings. The van der Waals surface area contributed by atoms with Crippen LogP contribution in [0.1, 0.15) is 46.6 Å². The van der Waals surface area contributed by atoms with Gasteiger partial charge in [0.05, 0.1) is 25.3 Å². The van der Waals surface area contributed by atoms with Crippen LogP contribution in [0, 0.1) is 5.82 Å². The van der Waals surface area contributed by atoms with Crippen molar-refractivity contribution in [2.75, 3.05) is 19.5 Å². The van der Waals surface area contributed by atoms with Gasteiger partial charge in [-0.05, 0) is 35.9 Å². The SMILES string of the molecule is C.COC(=O)c1ccc2c3n(nc2c1OC)[C@@H]1[C@H](C3)N[C@@]2(C(=O)Nc3cc(Cl)ccc32)[C@H]1c1cccc(Cl)c1F. The number of fused-ring (bicyclic) bond motifs is 7. The van der Waals surface area contributed by atoms with Crippen molar-refractivity contribution in [3.05, 3.63) is 86.8 Å². The van der Waals surface area contributed by atoms with E-state index in [0.29, 0.717) is 39.5 Å². The van der Waals surface area contributed by atoms with E-state index in [4.69, 9.17) is 37.8 Å². The van der Waals surface area contributed by atoms with Crippen molar-refractivity contribution in [1.82, 2.24) is 15.1 Å². The quantitative estimate of drug-likeness (QED) is 0.305. The lowest BCUT2D eigenvalue weighted by Crippen LogP contribution is -2.49. The average Bonchev–Trinajstić information content (AvgIpc) is 3.62. The van der Waals surface area contributed by atoms with Gasteiger partial charge in [-0.3, -0.25) is 14.8 Å². The number of carbonyl (C=O) groups excluding carboxylic acids is 2. The largest absolute Gasteiger partial charge is 0.493 e. The predicted octanol–water partition coefficient (Wildman–Crippen LogP) is 5.61. The van der Waals surface area contributed by atoms with Crippen molar-refractivity contribution in [1.29, 1.82) is 0 Å². The standard InChI is InChI=1S/C28H21Cl2FN4O4.CH4/c1-38-25-15(26(36)39-2)8-7-13-20-11-19-24(35(20)34-23(13)25)21(14-4-3-5-17(30)22(14)31)28(33-19)16-9-6-12(29)10-18(16)32-27(28)37;/h3-10,19,21,24,33H,11H2,1-2H3,(H,32,37);1H4/t19-,21-,24+,28+;/m0./s1. The van der Waals surface area contributed by atoms with Gasteiger partial charge < -0.3 is 14.8 Å². The second-order valence-corrected chi connectivity index (χ2v) is 10.8. The Labute approximate surface area is 239 Å². The first-order valence-corrected chi connectivity index (χ1v) is 13.0. The molecular weight excluding hydrogens is 558 g/mol. The first kappa shape index (κ1) is 26.6. The molecule has 0 radical (unpaired) electrons. The lowest BCUT2D eigenvalue weighted by atomic mass is 9.74. The maximum absolute atomic E-state index is 15.8. The molecule has 3 aromatic carbocycles. The van der Waals surface area contributed by atoms with Gasteiger partial charge in [-0.1, -0.05) is 48.8 Å². The fraction of sp³-hybridized carbons (Fsp3) is 0.276. The number of amides is 1. The molecule has 8 nitrogen and oxygen atoms in total. The van der Waals surface area contributed by atoms with Gasteiger partial charge in [0.2, 0.25) is 5.91 Å². The number of hydrogen-bond donors (Lipinski definition) is 2. The second kappa shape index (κ2) is 9.19. The van der Waals surface area contributed by atoms with E-state index in [2.05, 4.69) is 10.6 Å². The molecule has 1 amide bonds. The summed E-state index contributed by atoms with van der Waals surface area (Å²) in [6.45, 7) is 0. The Morgan fingerprint density at radius 2 is 1.98 bits per heavy atom. The van der Waals surface area contributed by atoms with Gasteiger partial charge in [-0.25, -0.2) is 9.18 Å². The van der Waals surface area contributed by atoms with E-state index in [-0.39, 0.29) is 30.0 Å². The maximum Gasteiger partial charge on any atom is 0.341 e. The summed E-state index contributed by atoms with van der Waals surface area (Å²) < 4.78 is 28.1. The van der Waals surface area contributed by atoms with E-state index in [1.165, 1.54) is 20.3 Å². The van der Waals surface area contributed by atoms with Crippen molar-refractivity contribution in [3.8, 4) is 5.75 Å². The van der Waals surface area contributed by atoms with Gasteiger partial charge in [0, 0.05) is 45.7 Å². The van der Waals surface area contributed by atoms with Crippen LogP contribution >= 0.6 is 23.2 Å². The summed E-state index contributed by atoms with van der Waals surface area (Å²) in [6.07, 6.45) is 0.512. The molecule has 0 bridgehead atoms. The third-order valence-corrected chi connectivity index (χ3v) is 8.72. The summed E-state index contributed by atoms with van der Waals surface area (Å²) in [6, 6.07) is 12.8. The fourth-order valence-electron chi connectivity index (χ4n) is 6.71. The molecule has 4 aromatic rings. The number of benzene rings is 3. The highest BCUT2D eigenvalue weighted by molar-refractivity contribution is 6.31. The van der Waals surface area contributed by atoms with Gasteiger partial charge in [0.25, 0.3) is 0 Å². The molecule has 4 heterocycles. The number of carbonyl (C=O) groups is 2. The number of esters is 1. The average molecular weight is 583 g/mol. The summed E-state index contributed by atoms with van der Waals surface area (Å²) in [4.78, 5) is 26.2. The Hall–Kier alpha value is -3.66. The van der Waals surface area contributed by atoms with Crippen LogP contribution in [-0.4, -0.2) is 41.9 Å². The summed E-state index contributed by atoms with van der Waals surface area (Å²) >= 11 is 12.5. The minimum atomic E-state index is -1.29. The molecule has 1 fully saturated rings. The number of halogens is 3. The Kier molecular flexibility index (Phi) is 6.10. The highest BCUT2D eigenvalue weighted by atomic mass is 35.5. The van der Waals surface area contributed by atoms with Crippen LogP contribution in [0.25, 0.3) is 10.9 Å². The van der Waals surface area contributed by atoms with Crippen LogP contribution in [0.2, 0.25) is 10.0 Å².